The van der Waals surface area contributed by atoms with Crippen LogP contribution in [0, 0.1) is 0 Å². The molecule has 1 unspecified atom stereocenters. The number of nitrogens with zero attached hydrogens (tertiary/aromatic N) is 1. The summed E-state index contributed by atoms with van der Waals surface area (Å²) in [7, 11) is -3.68. The molecule has 8 heteroatoms. The molecule has 0 radical (unpaired) electrons. The topological polar surface area (TPSA) is 75.7 Å². The zero-order valence-electron chi connectivity index (χ0n) is 16.5. The third-order valence-electron chi connectivity index (χ3n) is 4.90. The summed E-state index contributed by atoms with van der Waals surface area (Å²) in [5.41, 5.74) is 0.949. The van der Waals surface area contributed by atoms with Gasteiger partial charge in [-0.15, -0.1) is 0 Å². The van der Waals surface area contributed by atoms with E-state index < -0.39 is 22.0 Å². The summed E-state index contributed by atoms with van der Waals surface area (Å²) >= 11 is 5.89. The number of benzene rings is 2. The molecule has 0 aromatic heterocycles. The van der Waals surface area contributed by atoms with Crippen LogP contribution in [0.3, 0.4) is 0 Å². The first-order valence-corrected chi connectivity index (χ1v) is 11.8. The highest BCUT2D eigenvalue weighted by molar-refractivity contribution is 7.92. The number of sulfonamides is 1. The Morgan fingerprint density at radius 2 is 1.69 bits per heavy atom. The maximum Gasteiger partial charge on any atom is 0.247 e. The molecule has 156 valence electrons. The summed E-state index contributed by atoms with van der Waals surface area (Å²) in [5, 5.41) is 3.25. The molecule has 0 aliphatic heterocycles. The lowest BCUT2D eigenvalue weighted by Crippen LogP contribution is -2.45. The number of carbonyl (C=O) groups is 1. The van der Waals surface area contributed by atoms with Gasteiger partial charge in [-0.3, -0.25) is 9.10 Å². The maximum atomic E-state index is 12.7. The van der Waals surface area contributed by atoms with Gasteiger partial charge in [0.2, 0.25) is 15.9 Å². The molecule has 2 aromatic rings. The fraction of sp³-hybridized carbons (Fsp3) is 0.381. The molecule has 1 fully saturated rings. The van der Waals surface area contributed by atoms with Gasteiger partial charge in [-0.2, -0.15) is 0 Å². The third-order valence-corrected chi connectivity index (χ3v) is 6.39. The number of hydrogen-bond acceptors (Lipinski definition) is 4. The van der Waals surface area contributed by atoms with E-state index in [0.717, 1.165) is 29.2 Å². The maximum absolute atomic E-state index is 12.7. The van der Waals surface area contributed by atoms with E-state index in [1.165, 1.54) is 12.8 Å². The van der Waals surface area contributed by atoms with Gasteiger partial charge in [0.15, 0.2) is 0 Å². The second-order valence-electron chi connectivity index (χ2n) is 7.25. The molecular weight excluding hydrogens is 412 g/mol. The Bertz CT molecular complexity index is 940. The summed E-state index contributed by atoms with van der Waals surface area (Å²) in [4.78, 5) is 12.7. The van der Waals surface area contributed by atoms with Gasteiger partial charge in [0.25, 0.3) is 0 Å². The fourth-order valence-corrected chi connectivity index (χ4v) is 4.76. The quantitative estimate of drug-likeness (QED) is 0.695. The number of hydrogen-bond donors (Lipinski definition) is 1. The van der Waals surface area contributed by atoms with Crippen LogP contribution < -0.4 is 14.4 Å². The van der Waals surface area contributed by atoms with Crippen molar-refractivity contribution in [2.45, 2.75) is 44.8 Å². The van der Waals surface area contributed by atoms with Gasteiger partial charge >= 0.3 is 0 Å². The van der Waals surface area contributed by atoms with E-state index in [-0.39, 0.29) is 6.10 Å². The van der Waals surface area contributed by atoms with Crippen molar-refractivity contribution in [1.82, 2.24) is 0 Å². The highest BCUT2D eigenvalue weighted by atomic mass is 35.5. The first kappa shape index (κ1) is 21.5. The van der Waals surface area contributed by atoms with E-state index in [1.807, 2.05) is 12.1 Å². The molecule has 1 atom stereocenters. The van der Waals surface area contributed by atoms with Crippen LogP contribution in [0.4, 0.5) is 11.4 Å². The van der Waals surface area contributed by atoms with Crippen molar-refractivity contribution in [2.75, 3.05) is 15.9 Å². The number of rotatable bonds is 7. The van der Waals surface area contributed by atoms with Crippen molar-refractivity contribution in [2.24, 2.45) is 0 Å². The van der Waals surface area contributed by atoms with Crippen molar-refractivity contribution in [3.8, 4) is 5.75 Å². The molecule has 1 N–H and O–H groups in total. The fourth-order valence-electron chi connectivity index (χ4n) is 3.46. The van der Waals surface area contributed by atoms with Gasteiger partial charge in [-0.25, -0.2) is 8.42 Å². The van der Waals surface area contributed by atoms with E-state index in [1.54, 1.807) is 43.3 Å². The van der Waals surface area contributed by atoms with Crippen molar-refractivity contribution in [3.05, 3.63) is 53.6 Å². The minimum Gasteiger partial charge on any atom is -0.490 e. The molecule has 1 aliphatic rings. The Labute approximate surface area is 176 Å². The lowest BCUT2D eigenvalue weighted by molar-refractivity contribution is -0.116. The number of ether oxygens (including phenoxy) is 1. The highest BCUT2D eigenvalue weighted by Gasteiger charge is 2.29. The zero-order chi connectivity index (χ0) is 21.0. The smallest absolute Gasteiger partial charge is 0.247 e. The Balaban J connectivity index is 1.69. The van der Waals surface area contributed by atoms with Gasteiger partial charge in [0.05, 0.1) is 18.0 Å². The molecule has 29 heavy (non-hydrogen) atoms. The van der Waals surface area contributed by atoms with Crippen molar-refractivity contribution >= 4 is 38.9 Å². The van der Waals surface area contributed by atoms with Crippen LogP contribution >= 0.6 is 11.6 Å². The van der Waals surface area contributed by atoms with Crippen LogP contribution in [0.1, 0.15) is 32.6 Å². The predicted molar refractivity (Wildman–Crippen MR) is 116 cm³/mol. The minimum absolute atomic E-state index is 0.262. The average Bonchev–Trinajstić information content (AvgIpc) is 3.17. The summed E-state index contributed by atoms with van der Waals surface area (Å²) in [6.45, 7) is 1.54. The highest BCUT2D eigenvalue weighted by Crippen LogP contribution is 2.26. The molecule has 1 aliphatic carbocycles. The molecule has 0 saturated heterocycles. The number of halogens is 1. The average molecular weight is 437 g/mol. The standard InChI is InChI=1S/C21H25ClN2O4S/c1-15(24(29(2,26)27)18-11-7-16(22)8-12-18)21(25)23-17-9-13-20(14-10-17)28-19-5-3-4-6-19/h7-15,19H,3-6H2,1-2H3,(H,23,25). The Morgan fingerprint density at radius 1 is 1.10 bits per heavy atom. The van der Waals surface area contributed by atoms with Crippen LogP contribution in [0.15, 0.2) is 48.5 Å². The van der Waals surface area contributed by atoms with Crippen LogP contribution in [0.25, 0.3) is 0 Å². The first-order valence-electron chi connectivity index (χ1n) is 9.56. The summed E-state index contributed by atoms with van der Waals surface area (Å²) in [5.74, 6) is 0.330. The summed E-state index contributed by atoms with van der Waals surface area (Å²) in [6, 6.07) is 12.5. The Kier molecular flexibility index (Phi) is 6.70. The lowest BCUT2D eigenvalue weighted by Gasteiger charge is -2.28. The van der Waals surface area contributed by atoms with E-state index >= 15 is 0 Å². The van der Waals surface area contributed by atoms with Gasteiger partial charge < -0.3 is 10.1 Å². The monoisotopic (exact) mass is 436 g/mol. The SMILES string of the molecule is CC(C(=O)Nc1ccc(OC2CCCC2)cc1)N(c1ccc(Cl)cc1)S(C)(=O)=O. The number of carbonyl (C=O) groups excluding carboxylic acids is 1. The molecule has 0 bridgehead atoms. The zero-order valence-corrected chi connectivity index (χ0v) is 18.0. The normalized spacial score (nSPS) is 15.7. The molecule has 0 spiro atoms. The third kappa shape index (κ3) is 5.64. The van der Waals surface area contributed by atoms with E-state index in [0.29, 0.717) is 16.4 Å². The second kappa shape index (κ2) is 9.05. The van der Waals surface area contributed by atoms with Crippen LogP contribution in [-0.4, -0.2) is 32.7 Å². The molecule has 6 nitrogen and oxygen atoms in total. The Hall–Kier alpha value is -2.25. The van der Waals surface area contributed by atoms with Crippen LogP contribution in [0.2, 0.25) is 5.02 Å². The molecular formula is C21H25ClN2O4S. The predicted octanol–water partition coefficient (Wildman–Crippen LogP) is 4.45. The van der Waals surface area contributed by atoms with E-state index in [9.17, 15) is 13.2 Å². The Morgan fingerprint density at radius 3 is 2.24 bits per heavy atom. The van der Waals surface area contributed by atoms with Crippen LogP contribution in [0.5, 0.6) is 5.75 Å². The first-order chi connectivity index (χ1) is 13.7. The molecule has 1 amide bonds. The number of anilines is 2. The molecule has 3 rings (SSSR count). The number of amides is 1. The number of nitrogens with one attached hydrogen (secondary N) is 1. The van der Waals surface area contributed by atoms with E-state index in [4.69, 9.17) is 16.3 Å². The van der Waals surface area contributed by atoms with Crippen molar-refractivity contribution in [1.29, 1.82) is 0 Å². The summed E-state index contributed by atoms with van der Waals surface area (Å²) < 4.78 is 31.6. The molecule has 1 saturated carbocycles. The summed E-state index contributed by atoms with van der Waals surface area (Å²) in [6.07, 6.45) is 5.87. The largest absolute Gasteiger partial charge is 0.490 e. The minimum atomic E-state index is -3.68. The van der Waals surface area contributed by atoms with Crippen LogP contribution in [-0.2, 0) is 14.8 Å². The molecule has 2 aromatic carbocycles. The van der Waals surface area contributed by atoms with Gasteiger partial charge in [-0.1, -0.05) is 11.6 Å². The van der Waals surface area contributed by atoms with Gasteiger partial charge in [0, 0.05) is 10.7 Å². The second-order valence-corrected chi connectivity index (χ2v) is 9.55. The lowest BCUT2D eigenvalue weighted by atomic mass is 10.2. The van der Waals surface area contributed by atoms with Gasteiger partial charge in [0.1, 0.15) is 11.8 Å². The molecule has 0 heterocycles. The van der Waals surface area contributed by atoms with Crippen molar-refractivity contribution in [3.63, 3.8) is 0 Å². The van der Waals surface area contributed by atoms with E-state index in [2.05, 4.69) is 5.32 Å². The van der Waals surface area contributed by atoms with Crippen molar-refractivity contribution < 1.29 is 17.9 Å². The van der Waals surface area contributed by atoms with Gasteiger partial charge in [-0.05, 0) is 81.1 Å².